The monoisotopic (exact) mass is 478 g/mol. The van der Waals surface area contributed by atoms with Gasteiger partial charge in [0.25, 0.3) is 0 Å². The van der Waals surface area contributed by atoms with Gasteiger partial charge >= 0.3 is 0 Å². The summed E-state index contributed by atoms with van der Waals surface area (Å²) < 4.78 is 2.08. The molecule has 0 aliphatic carbocycles. The number of rotatable bonds is 2. The average molecular weight is 480 g/mol. The van der Waals surface area contributed by atoms with Crippen molar-refractivity contribution in [2.24, 2.45) is 0 Å². The summed E-state index contributed by atoms with van der Waals surface area (Å²) in [6.07, 6.45) is 1.58. The highest BCUT2D eigenvalue weighted by Crippen LogP contribution is 2.33. The first-order valence-corrected chi connectivity index (χ1v) is 9.92. The van der Waals surface area contributed by atoms with E-state index >= 15 is 0 Å². The molecule has 0 aliphatic heterocycles. The lowest BCUT2D eigenvalue weighted by Crippen LogP contribution is -1.95. The SMILES string of the molecule is Brc1ccc(-c2nc3cc4ncnc4cc3[nH]c2-c2ccc(Br)cc2)cc1. The Labute approximate surface area is 172 Å². The van der Waals surface area contributed by atoms with Crippen molar-refractivity contribution in [1.82, 2.24) is 19.9 Å². The molecule has 130 valence electrons. The zero-order valence-corrected chi connectivity index (χ0v) is 17.1. The molecule has 0 fully saturated rings. The molecule has 1 N–H and O–H groups in total. The normalized spacial score (nSPS) is 11.3. The fourth-order valence-corrected chi connectivity index (χ4v) is 3.66. The smallest absolute Gasteiger partial charge is 0.116 e. The van der Waals surface area contributed by atoms with Crippen LogP contribution in [0.15, 0.2) is 75.9 Å². The fourth-order valence-electron chi connectivity index (χ4n) is 3.13. The first-order valence-electron chi connectivity index (χ1n) is 8.34. The van der Waals surface area contributed by atoms with Gasteiger partial charge in [-0.1, -0.05) is 56.1 Å². The molecule has 0 radical (unpaired) electrons. The van der Waals surface area contributed by atoms with Gasteiger partial charge in [0.05, 0.1) is 33.5 Å². The van der Waals surface area contributed by atoms with Gasteiger partial charge < -0.3 is 4.98 Å². The van der Waals surface area contributed by atoms with E-state index in [0.29, 0.717) is 0 Å². The van der Waals surface area contributed by atoms with Crippen LogP contribution in [-0.2, 0) is 0 Å². The number of hydrogen-bond donors (Lipinski definition) is 1. The third-order valence-corrected chi connectivity index (χ3v) is 5.52. The predicted molar refractivity (Wildman–Crippen MR) is 115 cm³/mol. The average Bonchev–Trinajstić information content (AvgIpc) is 3.14. The lowest BCUT2D eigenvalue weighted by Gasteiger charge is -2.12. The Balaban J connectivity index is 1.82. The van der Waals surface area contributed by atoms with Crippen molar-refractivity contribution < 1.29 is 0 Å². The van der Waals surface area contributed by atoms with Gasteiger partial charge in [0.2, 0.25) is 0 Å². The minimum Gasteiger partial charge on any atom is -0.351 e. The molecule has 27 heavy (non-hydrogen) atoms. The second-order valence-corrected chi connectivity index (χ2v) is 8.04. The van der Waals surface area contributed by atoms with Crippen molar-refractivity contribution in [3.63, 3.8) is 0 Å². The predicted octanol–water partition coefficient (Wildman–Crippen LogP) is 6.37. The van der Waals surface area contributed by atoms with Crippen LogP contribution in [0.4, 0.5) is 0 Å². The minimum absolute atomic E-state index is 0.849. The van der Waals surface area contributed by atoms with Crippen LogP contribution in [0.3, 0.4) is 0 Å². The molecular weight excluding hydrogens is 468 g/mol. The van der Waals surface area contributed by atoms with E-state index in [1.54, 1.807) is 6.33 Å². The first kappa shape index (κ1) is 16.6. The number of aromatic nitrogens is 4. The van der Waals surface area contributed by atoms with Crippen molar-refractivity contribution >= 4 is 53.9 Å². The van der Waals surface area contributed by atoms with Crippen LogP contribution < -0.4 is 0 Å². The van der Waals surface area contributed by atoms with E-state index in [4.69, 9.17) is 4.98 Å². The number of fused-ring (bicyclic) bond motifs is 2. The second-order valence-electron chi connectivity index (χ2n) is 6.21. The summed E-state index contributed by atoms with van der Waals surface area (Å²) in [5.74, 6) is 0. The van der Waals surface area contributed by atoms with E-state index in [-0.39, 0.29) is 0 Å². The molecular formula is C21H12Br2N4. The van der Waals surface area contributed by atoms with Gasteiger partial charge in [-0.2, -0.15) is 0 Å². The van der Waals surface area contributed by atoms with Gasteiger partial charge in [0.1, 0.15) is 6.33 Å². The maximum absolute atomic E-state index is 4.98. The summed E-state index contributed by atoms with van der Waals surface area (Å²) in [7, 11) is 0. The molecule has 0 saturated carbocycles. The summed E-state index contributed by atoms with van der Waals surface area (Å²) in [5.41, 5.74) is 7.48. The van der Waals surface area contributed by atoms with Crippen LogP contribution in [0.2, 0.25) is 0 Å². The summed E-state index contributed by atoms with van der Waals surface area (Å²) >= 11 is 7.01. The fraction of sp³-hybridized carbons (Fsp3) is 0. The Hall–Kier alpha value is -2.57. The maximum atomic E-state index is 4.98. The van der Waals surface area contributed by atoms with E-state index in [9.17, 15) is 0 Å². The molecule has 0 atom stereocenters. The second kappa shape index (κ2) is 6.55. The number of H-pyrrole nitrogens is 1. The topological polar surface area (TPSA) is 54.5 Å². The first-order chi connectivity index (χ1) is 13.2. The molecule has 0 aliphatic rings. The highest BCUT2D eigenvalue weighted by molar-refractivity contribution is 9.10. The molecule has 4 nitrogen and oxygen atoms in total. The Morgan fingerprint density at radius 1 is 0.667 bits per heavy atom. The number of aromatic amines is 1. The number of hydrogen-bond acceptors (Lipinski definition) is 3. The number of imidazole rings is 1. The Morgan fingerprint density at radius 2 is 1.26 bits per heavy atom. The van der Waals surface area contributed by atoms with E-state index in [1.807, 2.05) is 36.4 Å². The zero-order chi connectivity index (χ0) is 18.4. The maximum Gasteiger partial charge on any atom is 0.116 e. The lowest BCUT2D eigenvalue weighted by atomic mass is 10.0. The largest absolute Gasteiger partial charge is 0.351 e. The third kappa shape index (κ3) is 3.05. The highest BCUT2D eigenvalue weighted by atomic mass is 79.9. The van der Waals surface area contributed by atoms with E-state index in [2.05, 4.69) is 71.1 Å². The summed E-state index contributed by atoms with van der Waals surface area (Å²) in [6, 6.07) is 20.4. The highest BCUT2D eigenvalue weighted by Gasteiger charge is 2.13. The minimum atomic E-state index is 0.849. The summed E-state index contributed by atoms with van der Waals surface area (Å²) in [6.45, 7) is 0. The van der Waals surface area contributed by atoms with Crippen LogP contribution in [0.5, 0.6) is 0 Å². The Kier molecular flexibility index (Phi) is 4.02. The van der Waals surface area contributed by atoms with Crippen LogP contribution in [-0.4, -0.2) is 19.9 Å². The van der Waals surface area contributed by atoms with Crippen LogP contribution in [0.1, 0.15) is 0 Å². The van der Waals surface area contributed by atoms with Gasteiger partial charge in [-0.05, 0) is 36.4 Å². The van der Waals surface area contributed by atoms with Crippen LogP contribution in [0.25, 0.3) is 44.6 Å². The molecule has 0 saturated heterocycles. The van der Waals surface area contributed by atoms with Crippen molar-refractivity contribution in [3.8, 4) is 22.5 Å². The van der Waals surface area contributed by atoms with Gasteiger partial charge in [0.15, 0.2) is 0 Å². The molecule has 0 bridgehead atoms. The van der Waals surface area contributed by atoms with E-state index < -0.39 is 0 Å². The van der Waals surface area contributed by atoms with E-state index in [1.165, 1.54) is 0 Å². The van der Waals surface area contributed by atoms with Gasteiger partial charge in [-0.3, -0.25) is 0 Å². The zero-order valence-electron chi connectivity index (χ0n) is 13.9. The third-order valence-electron chi connectivity index (χ3n) is 4.47. The molecule has 3 aromatic carbocycles. The number of benzene rings is 3. The van der Waals surface area contributed by atoms with Crippen molar-refractivity contribution in [2.75, 3.05) is 0 Å². The van der Waals surface area contributed by atoms with Gasteiger partial charge in [-0.25, -0.2) is 15.0 Å². The molecule has 6 heteroatoms. The molecule has 0 amide bonds. The molecule has 2 heterocycles. The molecule has 0 unspecified atom stereocenters. The number of nitrogens with zero attached hydrogens (tertiary/aromatic N) is 3. The number of halogens is 2. The Bertz CT molecular complexity index is 1180. The number of nitrogens with one attached hydrogen (secondary N) is 1. The van der Waals surface area contributed by atoms with Gasteiger partial charge in [0, 0.05) is 20.1 Å². The molecule has 2 aromatic heterocycles. The quantitative estimate of drug-likeness (QED) is 0.320. The molecule has 5 aromatic rings. The van der Waals surface area contributed by atoms with Crippen molar-refractivity contribution in [3.05, 3.63) is 75.9 Å². The Morgan fingerprint density at radius 3 is 1.93 bits per heavy atom. The summed E-state index contributed by atoms with van der Waals surface area (Å²) in [5, 5.41) is 0. The molecule has 5 rings (SSSR count). The summed E-state index contributed by atoms with van der Waals surface area (Å²) in [4.78, 5) is 17.1. The standard InChI is InChI=1S/C21H12Br2N4/c22-14-5-1-12(2-6-14)20-21(13-3-7-15(23)8-4-13)27-19-10-17-16(24-11-25-17)9-18(19)26-20/h1-11,26H. The molecule has 0 spiro atoms. The van der Waals surface area contributed by atoms with E-state index in [0.717, 1.165) is 53.5 Å². The van der Waals surface area contributed by atoms with Crippen molar-refractivity contribution in [1.29, 1.82) is 0 Å². The van der Waals surface area contributed by atoms with Gasteiger partial charge in [-0.15, -0.1) is 0 Å². The van der Waals surface area contributed by atoms with Crippen LogP contribution in [0, 0.1) is 0 Å². The van der Waals surface area contributed by atoms with Crippen molar-refractivity contribution in [2.45, 2.75) is 0 Å². The lowest BCUT2D eigenvalue weighted by molar-refractivity contribution is 1.29. The van der Waals surface area contributed by atoms with Crippen LogP contribution >= 0.6 is 31.9 Å².